The molecule has 4 rings (SSSR count). The topological polar surface area (TPSA) is 71.3 Å². The monoisotopic (exact) mass is 386 g/mol. The van der Waals surface area contributed by atoms with E-state index in [0.29, 0.717) is 17.7 Å². The Morgan fingerprint density at radius 3 is 2.62 bits per heavy atom. The zero-order chi connectivity index (χ0) is 20.1. The van der Waals surface area contributed by atoms with Gasteiger partial charge in [0, 0.05) is 37.0 Å². The summed E-state index contributed by atoms with van der Waals surface area (Å²) in [6.07, 6.45) is 2.43. The van der Waals surface area contributed by atoms with Crippen molar-refractivity contribution in [2.24, 2.45) is 0 Å². The maximum atomic E-state index is 9.16. The minimum Gasteiger partial charge on any atom is -0.495 e. The van der Waals surface area contributed by atoms with Crippen LogP contribution in [0.15, 0.2) is 54.7 Å². The predicted octanol–water partition coefficient (Wildman–Crippen LogP) is 3.45. The molecule has 0 amide bonds. The lowest BCUT2D eigenvalue weighted by atomic mass is 10.1. The van der Waals surface area contributed by atoms with Crippen LogP contribution in [0.3, 0.4) is 0 Å². The molecule has 0 radical (unpaired) electrons. The number of hydrogen-bond donors (Lipinski definition) is 0. The van der Waals surface area contributed by atoms with Crippen molar-refractivity contribution in [2.75, 3.05) is 38.3 Å². The largest absolute Gasteiger partial charge is 0.495 e. The zero-order valence-electron chi connectivity index (χ0n) is 16.3. The molecular formula is C23H22N4O2. The number of nitriles is 1. The van der Waals surface area contributed by atoms with E-state index >= 15 is 0 Å². The second-order valence-corrected chi connectivity index (χ2v) is 6.83. The van der Waals surface area contributed by atoms with Crippen LogP contribution < -0.4 is 9.64 Å². The summed E-state index contributed by atoms with van der Waals surface area (Å²) in [6, 6.07) is 18.0. The predicted molar refractivity (Wildman–Crippen MR) is 111 cm³/mol. The number of ether oxygens (including phenoxy) is 2. The van der Waals surface area contributed by atoms with Gasteiger partial charge in [-0.25, -0.2) is 9.97 Å². The lowest BCUT2D eigenvalue weighted by Gasteiger charge is -2.28. The lowest BCUT2D eigenvalue weighted by Crippen LogP contribution is -2.36. The quantitative estimate of drug-likeness (QED) is 0.669. The average molecular weight is 386 g/mol. The molecule has 2 heterocycles. The Hall–Kier alpha value is -3.43. The molecule has 1 fully saturated rings. The van der Waals surface area contributed by atoms with Crippen LogP contribution in [0.4, 0.5) is 5.69 Å². The van der Waals surface area contributed by atoms with E-state index in [1.807, 2.05) is 18.2 Å². The number of methoxy groups -OCH3 is 1. The van der Waals surface area contributed by atoms with Gasteiger partial charge in [-0.2, -0.15) is 5.26 Å². The molecule has 1 aliphatic rings. The summed E-state index contributed by atoms with van der Waals surface area (Å²) >= 11 is 0. The van der Waals surface area contributed by atoms with E-state index in [0.717, 1.165) is 48.9 Å². The first-order chi connectivity index (χ1) is 14.3. The summed E-state index contributed by atoms with van der Waals surface area (Å²) in [4.78, 5) is 11.5. The highest BCUT2D eigenvalue weighted by atomic mass is 16.5. The van der Waals surface area contributed by atoms with Gasteiger partial charge in [0.15, 0.2) is 0 Å². The summed E-state index contributed by atoms with van der Waals surface area (Å²) in [5.41, 5.74) is 4.59. The van der Waals surface area contributed by atoms with Gasteiger partial charge < -0.3 is 14.4 Å². The maximum absolute atomic E-state index is 9.16. The summed E-state index contributed by atoms with van der Waals surface area (Å²) in [5, 5.41) is 9.16. The fourth-order valence-electron chi connectivity index (χ4n) is 3.42. The van der Waals surface area contributed by atoms with Crippen molar-refractivity contribution in [1.29, 1.82) is 5.26 Å². The van der Waals surface area contributed by atoms with Crippen molar-refractivity contribution in [2.45, 2.75) is 6.42 Å². The molecule has 1 saturated heterocycles. The highest BCUT2D eigenvalue weighted by Crippen LogP contribution is 2.26. The third-order valence-electron chi connectivity index (χ3n) is 5.00. The van der Waals surface area contributed by atoms with Crippen LogP contribution in [0, 0.1) is 11.3 Å². The number of rotatable bonds is 5. The minimum absolute atomic E-state index is 0.505. The first-order valence-electron chi connectivity index (χ1n) is 9.59. The smallest absolute Gasteiger partial charge is 0.137 e. The van der Waals surface area contributed by atoms with E-state index in [1.54, 1.807) is 19.4 Å². The van der Waals surface area contributed by atoms with Crippen LogP contribution in [0.2, 0.25) is 0 Å². The average Bonchev–Trinajstić information content (AvgIpc) is 2.80. The molecule has 3 aromatic rings. The number of benzene rings is 2. The Labute approximate surface area is 170 Å². The number of anilines is 1. The molecule has 146 valence electrons. The maximum Gasteiger partial charge on any atom is 0.137 e. The molecule has 0 atom stereocenters. The van der Waals surface area contributed by atoms with Gasteiger partial charge in [0.2, 0.25) is 0 Å². The number of nitrogens with zero attached hydrogens (tertiary/aromatic N) is 4. The van der Waals surface area contributed by atoms with E-state index < -0.39 is 0 Å². The molecule has 6 nitrogen and oxygen atoms in total. The van der Waals surface area contributed by atoms with E-state index in [4.69, 9.17) is 19.7 Å². The second-order valence-electron chi connectivity index (χ2n) is 6.83. The fraction of sp³-hybridized carbons (Fsp3) is 0.261. The molecule has 0 spiro atoms. The molecule has 0 unspecified atom stereocenters. The van der Waals surface area contributed by atoms with Gasteiger partial charge in [-0.1, -0.05) is 18.2 Å². The van der Waals surface area contributed by atoms with Crippen molar-refractivity contribution in [3.63, 3.8) is 0 Å². The van der Waals surface area contributed by atoms with Crippen LogP contribution in [0.25, 0.3) is 11.3 Å². The number of aromatic nitrogens is 2. The van der Waals surface area contributed by atoms with Gasteiger partial charge in [-0.3, -0.25) is 0 Å². The minimum atomic E-state index is 0.505. The summed E-state index contributed by atoms with van der Waals surface area (Å²) in [5.74, 6) is 1.30. The van der Waals surface area contributed by atoms with Crippen LogP contribution in [-0.4, -0.2) is 43.4 Å². The van der Waals surface area contributed by atoms with E-state index in [-0.39, 0.29) is 0 Å². The first kappa shape index (κ1) is 18.9. The molecule has 0 saturated carbocycles. The Morgan fingerprint density at radius 2 is 1.90 bits per heavy atom. The fourth-order valence-corrected chi connectivity index (χ4v) is 3.42. The summed E-state index contributed by atoms with van der Waals surface area (Å²) in [6.45, 7) is 3.42. The first-order valence-corrected chi connectivity index (χ1v) is 9.59. The van der Waals surface area contributed by atoms with Gasteiger partial charge >= 0.3 is 0 Å². The van der Waals surface area contributed by atoms with Gasteiger partial charge in [0.25, 0.3) is 0 Å². The van der Waals surface area contributed by atoms with Crippen molar-refractivity contribution in [3.8, 4) is 23.1 Å². The van der Waals surface area contributed by atoms with Crippen LogP contribution in [0.1, 0.15) is 17.0 Å². The number of morpholine rings is 1. The molecule has 2 aromatic carbocycles. The Kier molecular flexibility index (Phi) is 5.68. The van der Waals surface area contributed by atoms with E-state index in [9.17, 15) is 0 Å². The van der Waals surface area contributed by atoms with Crippen LogP contribution in [0.5, 0.6) is 5.75 Å². The molecule has 1 aliphatic heterocycles. The van der Waals surface area contributed by atoms with Crippen LogP contribution >= 0.6 is 0 Å². The number of hydrogen-bond acceptors (Lipinski definition) is 6. The molecule has 0 bridgehead atoms. The molecule has 0 N–H and O–H groups in total. The highest BCUT2D eigenvalue weighted by molar-refractivity contribution is 5.64. The van der Waals surface area contributed by atoms with E-state index in [1.165, 1.54) is 5.69 Å². The van der Waals surface area contributed by atoms with Gasteiger partial charge in [-0.15, -0.1) is 0 Å². The van der Waals surface area contributed by atoms with Gasteiger partial charge in [0.1, 0.15) is 17.6 Å². The van der Waals surface area contributed by atoms with Gasteiger partial charge in [-0.05, 0) is 35.9 Å². The molecular weight excluding hydrogens is 364 g/mol. The SMILES string of the molecule is COc1cc(-c2ccnc(Cc3ccc(N4CCOCC4)cc3)n2)ccc1C#N. The Bertz CT molecular complexity index is 1020. The lowest BCUT2D eigenvalue weighted by molar-refractivity contribution is 0.122. The van der Waals surface area contributed by atoms with Crippen molar-refractivity contribution < 1.29 is 9.47 Å². The third kappa shape index (κ3) is 4.36. The van der Waals surface area contributed by atoms with Crippen molar-refractivity contribution in [3.05, 3.63) is 71.7 Å². The Balaban J connectivity index is 1.51. The Morgan fingerprint density at radius 1 is 1.10 bits per heavy atom. The molecule has 6 heteroatoms. The molecule has 1 aromatic heterocycles. The normalized spacial score (nSPS) is 13.7. The van der Waals surface area contributed by atoms with Crippen molar-refractivity contribution >= 4 is 5.69 Å². The highest BCUT2D eigenvalue weighted by Gasteiger charge is 2.11. The zero-order valence-corrected chi connectivity index (χ0v) is 16.3. The van der Waals surface area contributed by atoms with Crippen molar-refractivity contribution in [1.82, 2.24) is 9.97 Å². The summed E-state index contributed by atoms with van der Waals surface area (Å²) in [7, 11) is 1.56. The van der Waals surface area contributed by atoms with Crippen LogP contribution in [-0.2, 0) is 11.2 Å². The van der Waals surface area contributed by atoms with Gasteiger partial charge in [0.05, 0.1) is 31.6 Å². The standard InChI is InChI=1S/C23H22N4O2/c1-28-22-15-18(4-5-19(22)16-24)21-8-9-25-23(26-21)14-17-2-6-20(7-3-17)27-10-12-29-13-11-27/h2-9,15H,10-14H2,1H3. The molecule has 29 heavy (non-hydrogen) atoms. The van der Waals surface area contributed by atoms with E-state index in [2.05, 4.69) is 40.2 Å². The second kappa shape index (κ2) is 8.72. The molecule has 0 aliphatic carbocycles. The summed E-state index contributed by atoms with van der Waals surface area (Å²) < 4.78 is 10.7. The third-order valence-corrected chi connectivity index (χ3v) is 5.00.